The quantitative estimate of drug-likeness (QED) is 0.184. The molecule has 2 aromatic rings. The van der Waals surface area contributed by atoms with Gasteiger partial charge in [-0.25, -0.2) is 4.99 Å². The highest BCUT2D eigenvalue weighted by atomic mass is 32.1. The number of aryl methyl sites for hydroxylation is 1. The molecule has 1 atom stereocenters. The van der Waals surface area contributed by atoms with Crippen LogP contribution in [0.5, 0.6) is 5.75 Å². The molecule has 1 unspecified atom stereocenters. The molecule has 0 fully saturated rings. The van der Waals surface area contributed by atoms with Gasteiger partial charge >= 0.3 is 0 Å². The van der Waals surface area contributed by atoms with Crippen molar-refractivity contribution in [3.8, 4) is 17.6 Å². The highest BCUT2D eigenvalue weighted by molar-refractivity contribution is 7.14. The van der Waals surface area contributed by atoms with Crippen LogP contribution in [0.15, 0.2) is 29.3 Å². The van der Waals surface area contributed by atoms with E-state index >= 15 is 0 Å². The average molecular weight is 386 g/mol. The second-order valence-corrected chi connectivity index (χ2v) is 6.83. The average Bonchev–Trinajstić information content (AvgIpc) is 3.08. The van der Waals surface area contributed by atoms with Crippen molar-refractivity contribution in [2.75, 3.05) is 11.9 Å². The third kappa shape index (κ3) is 6.22. The van der Waals surface area contributed by atoms with Gasteiger partial charge in [-0.3, -0.25) is 4.79 Å². The molecule has 7 heteroatoms. The predicted octanol–water partition coefficient (Wildman–Crippen LogP) is 3.09. The minimum Gasteiger partial charge on any atom is -0.508 e. The zero-order chi connectivity index (χ0) is 19.6. The number of aliphatic hydroxyl groups is 2. The third-order valence-electron chi connectivity index (χ3n) is 3.71. The molecule has 2 rings (SSSR count). The summed E-state index contributed by atoms with van der Waals surface area (Å²) < 4.78 is 0. The molecule has 0 aliphatic carbocycles. The van der Waals surface area contributed by atoms with Gasteiger partial charge in [0.2, 0.25) is 0 Å². The highest BCUT2D eigenvalue weighted by Gasteiger charge is 2.06. The molecule has 0 bridgehead atoms. The van der Waals surface area contributed by atoms with Crippen molar-refractivity contribution in [2.24, 2.45) is 4.99 Å². The van der Waals surface area contributed by atoms with Gasteiger partial charge < -0.3 is 20.6 Å². The van der Waals surface area contributed by atoms with Crippen LogP contribution < -0.4 is 5.32 Å². The zero-order valence-electron chi connectivity index (χ0n) is 15.0. The highest BCUT2D eigenvalue weighted by Crippen LogP contribution is 2.28. The van der Waals surface area contributed by atoms with Crippen LogP contribution in [-0.2, 0) is 6.42 Å². The molecule has 27 heavy (non-hydrogen) atoms. The second-order valence-electron chi connectivity index (χ2n) is 5.74. The summed E-state index contributed by atoms with van der Waals surface area (Å²) in [5, 5.41) is 31.3. The van der Waals surface area contributed by atoms with Crippen molar-refractivity contribution in [1.82, 2.24) is 0 Å². The number of phenols is 1. The number of carbonyl (C=O) groups is 1. The monoisotopic (exact) mass is 386 g/mol. The maximum Gasteiger partial charge on any atom is 0.162 e. The molecule has 4 N–H and O–H groups in total. The topological polar surface area (TPSA) is 102 Å². The number of aliphatic imine (C=N–C) groups is 1. The number of hydrogen-bond donors (Lipinski definition) is 4. The number of anilines is 1. The summed E-state index contributed by atoms with van der Waals surface area (Å²) >= 11 is 1.22. The number of rotatable bonds is 8. The summed E-state index contributed by atoms with van der Waals surface area (Å²) in [6, 6.07) is 6.78. The van der Waals surface area contributed by atoms with Crippen molar-refractivity contribution in [1.29, 1.82) is 0 Å². The fraction of sp³-hybridized carbons (Fsp3) is 0.300. The maximum atomic E-state index is 11.2. The largest absolute Gasteiger partial charge is 0.508 e. The van der Waals surface area contributed by atoms with E-state index in [1.54, 1.807) is 24.3 Å². The van der Waals surface area contributed by atoms with E-state index in [0.717, 1.165) is 17.5 Å². The Kier molecular flexibility index (Phi) is 8.01. The molecular formula is C20H22N2O4S. The Morgan fingerprint density at radius 3 is 2.89 bits per heavy atom. The molecule has 1 aromatic carbocycles. The van der Waals surface area contributed by atoms with Crippen LogP contribution in [0.3, 0.4) is 0 Å². The van der Waals surface area contributed by atoms with Crippen molar-refractivity contribution >= 4 is 35.3 Å². The van der Waals surface area contributed by atoms with Crippen LogP contribution in [0, 0.1) is 11.8 Å². The van der Waals surface area contributed by atoms with Crippen molar-refractivity contribution in [3.63, 3.8) is 0 Å². The molecule has 1 aromatic heterocycles. The van der Waals surface area contributed by atoms with Gasteiger partial charge in [0.05, 0.1) is 21.8 Å². The summed E-state index contributed by atoms with van der Waals surface area (Å²) in [7, 11) is 0. The lowest BCUT2D eigenvalue weighted by atomic mass is 10.1. The number of aldehydes is 1. The molecular weight excluding hydrogens is 364 g/mol. The van der Waals surface area contributed by atoms with Gasteiger partial charge in [0.25, 0.3) is 0 Å². The van der Waals surface area contributed by atoms with E-state index in [0.29, 0.717) is 34.7 Å². The summed E-state index contributed by atoms with van der Waals surface area (Å²) in [5.41, 5.74) is 1.97. The first kappa shape index (κ1) is 20.6. The van der Waals surface area contributed by atoms with Crippen molar-refractivity contribution in [2.45, 2.75) is 32.3 Å². The number of thiophene rings is 1. The van der Waals surface area contributed by atoms with Crippen LogP contribution >= 0.6 is 11.3 Å². The van der Waals surface area contributed by atoms with Crippen LogP contribution in [0.2, 0.25) is 0 Å². The lowest BCUT2D eigenvalue weighted by molar-refractivity contribution is 0.112. The summed E-state index contributed by atoms with van der Waals surface area (Å²) in [4.78, 5) is 16.6. The molecule has 0 aliphatic rings. The van der Waals surface area contributed by atoms with Gasteiger partial charge in [0.1, 0.15) is 11.9 Å². The van der Waals surface area contributed by atoms with E-state index in [4.69, 9.17) is 5.11 Å². The normalized spacial score (nSPS) is 11.8. The molecule has 0 saturated carbocycles. The number of aliphatic hydroxyl groups excluding tert-OH is 2. The van der Waals surface area contributed by atoms with Crippen LogP contribution in [-0.4, -0.2) is 40.7 Å². The second kappa shape index (κ2) is 10.5. The Balaban J connectivity index is 2.10. The Morgan fingerprint density at radius 1 is 1.37 bits per heavy atom. The molecule has 1 heterocycles. The molecule has 0 aliphatic heterocycles. The first-order chi connectivity index (χ1) is 13.1. The van der Waals surface area contributed by atoms with Gasteiger partial charge in [-0.2, -0.15) is 0 Å². The first-order valence-electron chi connectivity index (χ1n) is 8.57. The Labute approximate surface area is 162 Å². The number of phenolic OH excluding ortho intramolecular Hbond substituents is 1. The Bertz CT molecular complexity index is 865. The molecule has 0 spiro atoms. The lowest BCUT2D eigenvalue weighted by Crippen LogP contribution is -1.98. The fourth-order valence-corrected chi connectivity index (χ4v) is 3.00. The molecule has 142 valence electrons. The maximum absolute atomic E-state index is 11.2. The van der Waals surface area contributed by atoms with Crippen LogP contribution in [0.1, 0.15) is 39.9 Å². The van der Waals surface area contributed by atoms with E-state index in [-0.39, 0.29) is 12.4 Å². The minimum absolute atomic E-state index is 0.0612. The van der Waals surface area contributed by atoms with Crippen molar-refractivity contribution in [3.05, 3.63) is 39.6 Å². The van der Waals surface area contributed by atoms with Crippen LogP contribution in [0.25, 0.3) is 0 Å². The number of aromatic hydroxyl groups is 1. The van der Waals surface area contributed by atoms with E-state index in [2.05, 4.69) is 22.2 Å². The van der Waals surface area contributed by atoms with E-state index in [1.165, 1.54) is 17.7 Å². The first-order valence-corrected chi connectivity index (χ1v) is 9.39. The number of carbonyl (C=O) groups excluding carboxylic acids is 1. The van der Waals surface area contributed by atoms with Gasteiger partial charge in [-0.05, 0) is 49.1 Å². The summed E-state index contributed by atoms with van der Waals surface area (Å²) in [5.74, 6) is 5.75. The summed E-state index contributed by atoms with van der Waals surface area (Å²) in [6.45, 7) is 1.90. The fourth-order valence-electron chi connectivity index (χ4n) is 2.22. The van der Waals surface area contributed by atoms with E-state index in [1.807, 2.05) is 6.92 Å². The van der Waals surface area contributed by atoms with E-state index in [9.17, 15) is 15.0 Å². The molecule has 0 radical (unpaired) electrons. The SMILES string of the molecule is CCC(O)C#Cc1cc(/N=C\Nc2ccc(O)c(CCCO)c2)c(C=O)s1. The Hall–Kier alpha value is -2.66. The zero-order valence-corrected chi connectivity index (χ0v) is 15.8. The predicted molar refractivity (Wildman–Crippen MR) is 108 cm³/mol. The van der Waals surface area contributed by atoms with Gasteiger partial charge in [-0.1, -0.05) is 18.8 Å². The van der Waals surface area contributed by atoms with Gasteiger partial charge in [0.15, 0.2) is 6.29 Å². The van der Waals surface area contributed by atoms with Gasteiger partial charge in [-0.15, -0.1) is 11.3 Å². The number of hydrogen-bond acceptors (Lipinski definition) is 6. The van der Waals surface area contributed by atoms with Crippen molar-refractivity contribution < 1.29 is 20.1 Å². The summed E-state index contributed by atoms with van der Waals surface area (Å²) in [6.07, 6.45) is 3.19. The third-order valence-corrected chi connectivity index (χ3v) is 4.68. The van der Waals surface area contributed by atoms with Crippen LogP contribution in [0.4, 0.5) is 11.4 Å². The van der Waals surface area contributed by atoms with E-state index < -0.39 is 6.10 Å². The standard InChI is InChI=1S/C20H22N2O4S/c1-2-16(25)6-7-17-11-18(20(12-24)27-17)22-13-21-15-5-8-19(26)14(10-15)4-3-9-23/h5,8,10-13,16,23,25-26H,2-4,9H2,1H3,(H,21,22). The molecule has 6 nitrogen and oxygen atoms in total. The number of nitrogens with zero attached hydrogens (tertiary/aromatic N) is 1. The lowest BCUT2D eigenvalue weighted by Gasteiger charge is -2.07. The smallest absolute Gasteiger partial charge is 0.162 e. The number of nitrogens with one attached hydrogen (secondary N) is 1. The Morgan fingerprint density at radius 2 is 2.19 bits per heavy atom. The number of benzene rings is 1. The molecule has 0 amide bonds. The van der Waals surface area contributed by atoms with Gasteiger partial charge in [0, 0.05) is 12.3 Å². The molecule has 0 saturated heterocycles. The minimum atomic E-state index is -0.685.